The monoisotopic (exact) mass is 214 g/mol. The van der Waals surface area contributed by atoms with Gasteiger partial charge in [0.05, 0.1) is 0 Å². The van der Waals surface area contributed by atoms with Gasteiger partial charge in [-0.2, -0.15) is 0 Å². The first kappa shape index (κ1) is 12.2. The second-order valence-corrected chi connectivity index (χ2v) is 5.01. The van der Waals surface area contributed by atoms with Crippen molar-refractivity contribution < 1.29 is 17.6 Å². The third-order valence-corrected chi connectivity index (χ3v) is 3.98. The van der Waals surface area contributed by atoms with E-state index in [1.165, 1.54) is 0 Å². The van der Waals surface area contributed by atoms with Gasteiger partial charge in [0.25, 0.3) is 0 Å². The van der Waals surface area contributed by atoms with Crippen molar-refractivity contribution in [3.05, 3.63) is 0 Å². The zero-order valence-electron chi connectivity index (χ0n) is 6.49. The summed E-state index contributed by atoms with van der Waals surface area (Å²) in [5.41, 5.74) is 0. The fraction of sp³-hybridized carbons (Fsp3) is 1.00. The first-order valence-corrected chi connectivity index (χ1v) is 6.43. The van der Waals surface area contributed by atoms with Gasteiger partial charge in [0.1, 0.15) is 0 Å². The van der Waals surface area contributed by atoms with Gasteiger partial charge < -0.3 is 0 Å². The van der Waals surface area contributed by atoms with Gasteiger partial charge in [-0.15, -0.1) is 0 Å². The van der Waals surface area contributed by atoms with E-state index in [-0.39, 0.29) is 31.1 Å². The smallest absolute Gasteiger partial charge is 0.211 e. The van der Waals surface area contributed by atoms with Gasteiger partial charge in [-0.05, 0) is 12.1 Å². The normalized spacial score (nSPS) is 11.5. The molecule has 12 heavy (non-hydrogen) atoms. The molecule has 0 atom stereocenters. The number of hydrogen-bond donors (Lipinski definition) is 0. The Kier molecular flexibility index (Phi) is 7.88. The van der Waals surface area contributed by atoms with E-state index in [2.05, 4.69) is 0 Å². The standard InChI is InChI=1S/C6H10F4Si2/c7-5(8)3-11-1-2-12-4-6(9)10/h5-6H,1-4H2. The van der Waals surface area contributed by atoms with Crippen molar-refractivity contribution in [1.29, 1.82) is 0 Å². The van der Waals surface area contributed by atoms with Crippen molar-refractivity contribution in [3.63, 3.8) is 0 Å². The van der Waals surface area contributed by atoms with E-state index in [4.69, 9.17) is 0 Å². The van der Waals surface area contributed by atoms with E-state index in [1.54, 1.807) is 0 Å². The van der Waals surface area contributed by atoms with E-state index >= 15 is 0 Å². The summed E-state index contributed by atoms with van der Waals surface area (Å²) in [6, 6.07) is 1.21. The van der Waals surface area contributed by atoms with Gasteiger partial charge in [0.15, 0.2) is 0 Å². The highest BCUT2D eigenvalue weighted by Gasteiger charge is 2.04. The van der Waals surface area contributed by atoms with E-state index in [0.29, 0.717) is 12.1 Å². The molecule has 4 radical (unpaired) electrons. The molecule has 0 heterocycles. The summed E-state index contributed by atoms with van der Waals surface area (Å²) in [5.74, 6) is 0. The molecule has 0 spiro atoms. The summed E-state index contributed by atoms with van der Waals surface area (Å²) in [5, 5.41) is 0. The van der Waals surface area contributed by atoms with Crippen LogP contribution >= 0.6 is 0 Å². The SMILES string of the molecule is FC(F)C[Si]CC[Si]CC(F)F. The van der Waals surface area contributed by atoms with Crippen LogP contribution in [-0.2, 0) is 0 Å². The molecule has 0 aromatic carbocycles. The van der Waals surface area contributed by atoms with Crippen LogP contribution < -0.4 is 0 Å². The minimum Gasteiger partial charge on any atom is -0.211 e. The van der Waals surface area contributed by atoms with Gasteiger partial charge in [0, 0.05) is 19.0 Å². The van der Waals surface area contributed by atoms with Crippen LogP contribution in [0.3, 0.4) is 0 Å². The van der Waals surface area contributed by atoms with E-state index < -0.39 is 12.9 Å². The highest BCUT2D eigenvalue weighted by Crippen LogP contribution is 2.05. The average Bonchev–Trinajstić information content (AvgIpc) is 1.95. The highest BCUT2D eigenvalue weighted by molar-refractivity contribution is 6.42. The molecule has 6 heteroatoms. The average molecular weight is 214 g/mol. The molecule has 0 aliphatic carbocycles. The predicted octanol–water partition coefficient (Wildman–Crippen LogP) is 2.60. The van der Waals surface area contributed by atoms with Gasteiger partial charge >= 0.3 is 0 Å². The van der Waals surface area contributed by atoms with E-state index in [1.807, 2.05) is 0 Å². The van der Waals surface area contributed by atoms with E-state index in [0.717, 1.165) is 0 Å². The zero-order valence-corrected chi connectivity index (χ0v) is 8.49. The summed E-state index contributed by atoms with van der Waals surface area (Å²) in [4.78, 5) is 0. The highest BCUT2D eigenvalue weighted by atomic mass is 28.2. The molecule has 0 fully saturated rings. The molecular weight excluding hydrogens is 204 g/mol. The topological polar surface area (TPSA) is 0 Å². The van der Waals surface area contributed by atoms with Crippen LogP contribution in [0.15, 0.2) is 0 Å². The minimum atomic E-state index is -2.23. The zero-order chi connectivity index (χ0) is 9.40. The Hall–Kier alpha value is 0.154. The maximum absolute atomic E-state index is 11.6. The maximum Gasteiger partial charge on any atom is 0.235 e. The molecule has 0 unspecified atom stereocenters. The van der Waals surface area contributed by atoms with Gasteiger partial charge in [-0.25, -0.2) is 17.6 Å². The summed E-state index contributed by atoms with van der Waals surface area (Å²) in [7, 11) is 0.456. The van der Waals surface area contributed by atoms with Crippen LogP contribution in [0.2, 0.25) is 24.2 Å². The molecule has 0 aromatic rings. The Bertz CT molecular complexity index is 87.5. The van der Waals surface area contributed by atoms with Crippen molar-refractivity contribution in [3.8, 4) is 0 Å². The fourth-order valence-electron chi connectivity index (χ4n) is 0.599. The Morgan fingerprint density at radius 3 is 1.33 bits per heavy atom. The van der Waals surface area contributed by atoms with Gasteiger partial charge in [0.2, 0.25) is 12.9 Å². The molecule has 0 nitrogen and oxygen atoms in total. The lowest BCUT2D eigenvalue weighted by molar-refractivity contribution is 0.170. The largest absolute Gasteiger partial charge is 0.235 e. The molecular formula is C6H10F4Si2. The third-order valence-electron chi connectivity index (χ3n) is 1.08. The van der Waals surface area contributed by atoms with Crippen LogP contribution in [-0.4, -0.2) is 31.9 Å². The molecule has 0 amide bonds. The molecule has 0 aliphatic heterocycles. The van der Waals surface area contributed by atoms with Crippen molar-refractivity contribution >= 4 is 19.0 Å². The number of hydrogen-bond acceptors (Lipinski definition) is 0. The van der Waals surface area contributed by atoms with E-state index in [9.17, 15) is 17.6 Å². The lowest BCUT2D eigenvalue weighted by Crippen LogP contribution is -2.01. The number of halogens is 4. The Morgan fingerprint density at radius 2 is 1.08 bits per heavy atom. The quantitative estimate of drug-likeness (QED) is 0.347. The van der Waals surface area contributed by atoms with Crippen LogP contribution in [0.1, 0.15) is 0 Å². The molecule has 0 saturated carbocycles. The summed E-state index contributed by atoms with van der Waals surface area (Å²) >= 11 is 0. The third kappa shape index (κ3) is 10.2. The molecule has 0 N–H and O–H groups in total. The Labute approximate surface area is 74.4 Å². The lowest BCUT2D eigenvalue weighted by Gasteiger charge is -1.98. The first-order chi connectivity index (χ1) is 5.63. The van der Waals surface area contributed by atoms with Crippen LogP contribution in [0.5, 0.6) is 0 Å². The lowest BCUT2D eigenvalue weighted by atomic mass is 10.8. The van der Waals surface area contributed by atoms with Crippen LogP contribution in [0.25, 0.3) is 0 Å². The minimum absolute atomic E-state index is 0.0703. The summed E-state index contributed by atoms with van der Waals surface area (Å²) in [6.07, 6.45) is -4.47. The van der Waals surface area contributed by atoms with Gasteiger partial charge in [-0.3, -0.25) is 0 Å². The second kappa shape index (κ2) is 7.78. The summed E-state index contributed by atoms with van der Waals surface area (Å²) in [6.45, 7) is 0. The molecule has 0 aliphatic rings. The number of alkyl halides is 4. The summed E-state index contributed by atoms with van der Waals surface area (Å²) < 4.78 is 46.2. The van der Waals surface area contributed by atoms with Crippen LogP contribution in [0.4, 0.5) is 17.6 Å². The maximum atomic E-state index is 11.6. The fourth-order valence-corrected chi connectivity index (χ4v) is 2.86. The second-order valence-electron chi connectivity index (χ2n) is 2.19. The van der Waals surface area contributed by atoms with Crippen molar-refractivity contribution in [2.75, 3.05) is 0 Å². The van der Waals surface area contributed by atoms with Gasteiger partial charge in [-0.1, -0.05) is 12.1 Å². The Balaban J connectivity index is 2.91. The molecule has 0 rings (SSSR count). The molecule has 0 saturated heterocycles. The molecule has 0 aromatic heterocycles. The van der Waals surface area contributed by atoms with Crippen LogP contribution in [0, 0.1) is 0 Å². The first-order valence-electron chi connectivity index (χ1n) is 3.60. The molecule has 0 bridgehead atoms. The molecule has 70 valence electrons. The Morgan fingerprint density at radius 1 is 0.750 bits per heavy atom. The van der Waals surface area contributed by atoms with Crippen molar-refractivity contribution in [1.82, 2.24) is 0 Å². The predicted molar refractivity (Wildman–Crippen MR) is 42.7 cm³/mol. The van der Waals surface area contributed by atoms with Crippen molar-refractivity contribution in [2.24, 2.45) is 0 Å². The van der Waals surface area contributed by atoms with Crippen molar-refractivity contribution in [2.45, 2.75) is 37.0 Å². The number of rotatable bonds is 7.